The van der Waals surface area contributed by atoms with Crippen LogP contribution in [0.5, 0.6) is 23.0 Å². The number of aromatic nitrogens is 1. The van der Waals surface area contributed by atoms with Crippen molar-refractivity contribution in [2.45, 2.75) is 0 Å². The third-order valence-corrected chi connectivity index (χ3v) is 5.03. The summed E-state index contributed by atoms with van der Waals surface area (Å²) in [4.78, 5) is 4.98. The maximum atomic E-state index is 10.3. The minimum Gasteiger partial charge on any atom is -0.504 e. The van der Waals surface area contributed by atoms with E-state index in [1.807, 2.05) is 23.6 Å². The number of aromatic hydroxyl groups is 1. The summed E-state index contributed by atoms with van der Waals surface area (Å²) >= 11 is 1.45. The molecule has 0 atom stereocenters. The van der Waals surface area contributed by atoms with E-state index in [9.17, 15) is 5.11 Å². The van der Waals surface area contributed by atoms with E-state index in [4.69, 9.17) is 14.2 Å². The van der Waals surface area contributed by atoms with Crippen LogP contribution in [0.3, 0.4) is 0 Å². The van der Waals surface area contributed by atoms with Crippen molar-refractivity contribution in [3.05, 3.63) is 52.1 Å². The minimum absolute atomic E-state index is 0.0278. The van der Waals surface area contributed by atoms with Gasteiger partial charge >= 0.3 is 0 Å². The number of rotatable bonds is 6. The van der Waals surface area contributed by atoms with Crippen LogP contribution in [0.15, 0.2) is 51.9 Å². The van der Waals surface area contributed by atoms with E-state index in [1.54, 1.807) is 50.4 Å². The summed E-state index contributed by atoms with van der Waals surface area (Å²) < 4.78 is 17.7. The molecule has 1 heterocycles. The fourth-order valence-corrected chi connectivity index (χ4v) is 3.48. The highest BCUT2D eigenvalue weighted by Crippen LogP contribution is 2.34. The molecule has 7 nitrogen and oxygen atoms in total. The first-order valence-corrected chi connectivity index (χ1v) is 9.27. The number of para-hydroxylation sites is 1. The SMILES string of the molecule is CN=c1scc(-c2cc(OC)ccc2OC)n1N=Cc1cccc(OC)c1O. The lowest BCUT2D eigenvalue weighted by atomic mass is 10.1. The van der Waals surface area contributed by atoms with Crippen LogP contribution in [-0.2, 0) is 0 Å². The van der Waals surface area contributed by atoms with Crippen molar-refractivity contribution in [1.29, 1.82) is 0 Å². The van der Waals surface area contributed by atoms with Crippen LogP contribution in [0.4, 0.5) is 0 Å². The van der Waals surface area contributed by atoms with E-state index < -0.39 is 0 Å². The van der Waals surface area contributed by atoms with E-state index in [-0.39, 0.29) is 5.75 Å². The number of phenols is 1. The molecule has 0 aliphatic heterocycles. The molecule has 0 unspecified atom stereocenters. The molecule has 0 aliphatic rings. The van der Waals surface area contributed by atoms with Crippen LogP contribution in [-0.4, -0.2) is 44.4 Å². The topological polar surface area (TPSA) is 77.6 Å². The maximum Gasteiger partial charge on any atom is 0.205 e. The molecule has 0 bridgehead atoms. The Morgan fingerprint density at radius 2 is 1.82 bits per heavy atom. The Balaban J connectivity index is 2.13. The zero-order valence-electron chi connectivity index (χ0n) is 16.0. The Morgan fingerprint density at radius 3 is 2.50 bits per heavy atom. The van der Waals surface area contributed by atoms with Gasteiger partial charge in [-0.15, -0.1) is 11.3 Å². The number of hydrogen-bond acceptors (Lipinski definition) is 7. The highest BCUT2D eigenvalue weighted by Gasteiger charge is 2.14. The number of benzene rings is 2. The first-order valence-electron chi connectivity index (χ1n) is 8.39. The molecule has 0 radical (unpaired) electrons. The van der Waals surface area contributed by atoms with E-state index in [0.29, 0.717) is 27.6 Å². The standard InChI is InChI=1S/C20H21N3O4S/c1-21-20-23(22-11-13-6-5-7-18(27-4)19(13)24)16(12-28-20)15-10-14(25-2)8-9-17(15)26-3/h5-12,24H,1-4H3. The van der Waals surface area contributed by atoms with E-state index >= 15 is 0 Å². The van der Waals surface area contributed by atoms with E-state index in [1.165, 1.54) is 18.4 Å². The van der Waals surface area contributed by atoms with Gasteiger partial charge in [0.15, 0.2) is 11.5 Å². The number of thiazole rings is 1. The van der Waals surface area contributed by atoms with Gasteiger partial charge in [-0.05, 0) is 30.3 Å². The molecular formula is C20H21N3O4S. The van der Waals surface area contributed by atoms with Crippen LogP contribution < -0.4 is 19.0 Å². The van der Waals surface area contributed by atoms with Gasteiger partial charge in [-0.2, -0.15) is 5.10 Å². The van der Waals surface area contributed by atoms with Crippen LogP contribution in [0.2, 0.25) is 0 Å². The van der Waals surface area contributed by atoms with Crippen molar-refractivity contribution in [3.8, 4) is 34.3 Å². The summed E-state index contributed by atoms with van der Waals surface area (Å²) in [6, 6.07) is 10.8. The molecule has 0 saturated carbocycles. The summed E-state index contributed by atoms with van der Waals surface area (Å²) in [7, 11) is 6.44. The van der Waals surface area contributed by atoms with Gasteiger partial charge < -0.3 is 19.3 Å². The van der Waals surface area contributed by atoms with Gasteiger partial charge in [0.25, 0.3) is 0 Å². The van der Waals surface area contributed by atoms with Crippen LogP contribution >= 0.6 is 11.3 Å². The molecule has 28 heavy (non-hydrogen) atoms. The van der Waals surface area contributed by atoms with Gasteiger partial charge in [0.2, 0.25) is 4.80 Å². The molecule has 0 saturated heterocycles. The Morgan fingerprint density at radius 1 is 1.04 bits per heavy atom. The molecule has 1 aromatic heterocycles. The molecule has 3 aromatic rings. The van der Waals surface area contributed by atoms with Crippen LogP contribution in [0.1, 0.15) is 5.56 Å². The summed E-state index contributed by atoms with van der Waals surface area (Å²) in [6.45, 7) is 0. The monoisotopic (exact) mass is 399 g/mol. The number of hydrogen-bond donors (Lipinski definition) is 1. The van der Waals surface area contributed by atoms with Crippen molar-refractivity contribution in [2.75, 3.05) is 28.4 Å². The number of nitrogens with zero attached hydrogens (tertiary/aromatic N) is 3. The number of phenolic OH excluding ortho intramolecular Hbond substituents is 1. The Kier molecular flexibility index (Phi) is 6.00. The maximum absolute atomic E-state index is 10.3. The average Bonchev–Trinajstić information content (AvgIpc) is 3.15. The molecule has 3 rings (SSSR count). The molecule has 0 fully saturated rings. The van der Waals surface area contributed by atoms with E-state index in [0.717, 1.165) is 11.3 Å². The second-order valence-corrected chi connectivity index (χ2v) is 6.48. The first-order chi connectivity index (χ1) is 13.6. The fraction of sp³-hybridized carbons (Fsp3) is 0.200. The van der Waals surface area contributed by atoms with Crippen molar-refractivity contribution in [2.24, 2.45) is 10.1 Å². The summed E-state index contributed by atoms with van der Waals surface area (Å²) in [5.74, 6) is 1.81. The van der Waals surface area contributed by atoms with Gasteiger partial charge in [0, 0.05) is 23.6 Å². The molecule has 0 amide bonds. The lowest BCUT2D eigenvalue weighted by molar-refractivity contribution is 0.373. The van der Waals surface area contributed by atoms with Gasteiger partial charge in [-0.1, -0.05) is 6.07 Å². The Labute approximate surface area is 166 Å². The first kappa shape index (κ1) is 19.5. The van der Waals surface area contributed by atoms with Gasteiger partial charge in [0.05, 0.1) is 33.2 Å². The summed E-state index contributed by atoms with van der Waals surface area (Å²) in [6.07, 6.45) is 1.56. The smallest absolute Gasteiger partial charge is 0.205 e. The molecule has 1 N–H and O–H groups in total. The Bertz CT molecular complexity index is 1070. The predicted octanol–water partition coefficient (Wildman–Crippen LogP) is 3.36. The zero-order chi connectivity index (χ0) is 20.1. The second kappa shape index (κ2) is 8.62. The van der Waals surface area contributed by atoms with Crippen LogP contribution in [0, 0.1) is 0 Å². The van der Waals surface area contributed by atoms with Crippen molar-refractivity contribution < 1.29 is 19.3 Å². The largest absolute Gasteiger partial charge is 0.504 e. The summed E-state index contributed by atoms with van der Waals surface area (Å²) in [5, 5.41) is 16.8. The zero-order valence-corrected chi connectivity index (χ0v) is 16.9. The molecular weight excluding hydrogens is 378 g/mol. The highest BCUT2D eigenvalue weighted by atomic mass is 32.1. The number of methoxy groups -OCH3 is 3. The predicted molar refractivity (Wildman–Crippen MR) is 110 cm³/mol. The van der Waals surface area contributed by atoms with Crippen molar-refractivity contribution in [1.82, 2.24) is 4.68 Å². The molecule has 146 valence electrons. The normalized spacial score (nSPS) is 11.8. The molecule has 8 heteroatoms. The Hall–Kier alpha value is -3.26. The highest BCUT2D eigenvalue weighted by molar-refractivity contribution is 7.07. The average molecular weight is 399 g/mol. The van der Waals surface area contributed by atoms with Gasteiger partial charge in [0.1, 0.15) is 11.5 Å². The molecule has 2 aromatic carbocycles. The molecule has 0 aliphatic carbocycles. The molecule has 0 spiro atoms. The van der Waals surface area contributed by atoms with Crippen LogP contribution in [0.25, 0.3) is 11.3 Å². The second-order valence-electron chi connectivity index (χ2n) is 5.65. The number of ether oxygens (including phenoxy) is 3. The van der Waals surface area contributed by atoms with Crippen molar-refractivity contribution in [3.63, 3.8) is 0 Å². The summed E-state index contributed by atoms with van der Waals surface area (Å²) in [5.41, 5.74) is 2.14. The van der Waals surface area contributed by atoms with E-state index in [2.05, 4.69) is 10.1 Å². The third-order valence-electron chi connectivity index (χ3n) is 4.12. The minimum atomic E-state index is 0.0278. The lowest BCUT2D eigenvalue weighted by Gasteiger charge is -2.11. The fourth-order valence-electron chi connectivity index (χ4n) is 2.69. The quantitative estimate of drug-likeness (QED) is 0.645. The van der Waals surface area contributed by atoms with Gasteiger partial charge in [-0.25, -0.2) is 4.68 Å². The van der Waals surface area contributed by atoms with Gasteiger partial charge in [-0.3, -0.25) is 4.99 Å². The van der Waals surface area contributed by atoms with Crippen molar-refractivity contribution >= 4 is 17.6 Å². The third kappa shape index (κ3) is 3.72. The lowest BCUT2D eigenvalue weighted by Crippen LogP contribution is -2.12.